The average Bonchev–Trinajstić information content (AvgIpc) is 2.40. The fourth-order valence-electron chi connectivity index (χ4n) is 3.17. The summed E-state index contributed by atoms with van der Waals surface area (Å²) in [4.78, 5) is 0. The van der Waals surface area contributed by atoms with Crippen LogP contribution in [0.25, 0.3) is 0 Å². The highest BCUT2D eigenvalue weighted by Gasteiger charge is 2.29. The van der Waals surface area contributed by atoms with Crippen molar-refractivity contribution < 1.29 is 5.11 Å². The Balaban J connectivity index is 1.88. The Kier molecular flexibility index (Phi) is 5.77. The molecule has 118 valence electrons. The zero-order chi connectivity index (χ0) is 15.6. The van der Waals surface area contributed by atoms with E-state index in [4.69, 9.17) is 0 Å². The molecule has 2 rings (SSSR count). The third kappa shape index (κ3) is 4.70. The van der Waals surface area contributed by atoms with E-state index in [1.807, 2.05) is 12.1 Å². The zero-order valence-corrected chi connectivity index (χ0v) is 16.2. The molecule has 0 spiro atoms. The van der Waals surface area contributed by atoms with Gasteiger partial charge < -0.3 is 10.4 Å². The maximum atomic E-state index is 10.1. The maximum Gasteiger partial charge on any atom is 0.134 e. The van der Waals surface area contributed by atoms with Gasteiger partial charge in [0.1, 0.15) is 5.75 Å². The lowest BCUT2D eigenvalue weighted by Crippen LogP contribution is -2.35. The van der Waals surface area contributed by atoms with Crippen molar-refractivity contribution in [3.63, 3.8) is 0 Å². The Morgan fingerprint density at radius 3 is 2.33 bits per heavy atom. The number of phenols is 1. The molecule has 0 atom stereocenters. The first-order valence-corrected chi connectivity index (χ1v) is 9.26. The SMILES string of the molecule is CC(C)(C)C1CCC(NCc2cc(Br)cc(Br)c2O)CC1. The normalized spacial score (nSPS) is 23.3. The third-order valence-corrected chi connectivity index (χ3v) is 5.70. The lowest BCUT2D eigenvalue weighted by molar-refractivity contribution is 0.160. The van der Waals surface area contributed by atoms with E-state index in [0.29, 0.717) is 23.8 Å². The van der Waals surface area contributed by atoms with Crippen LogP contribution in [0.4, 0.5) is 0 Å². The molecular formula is C17H25Br2NO. The minimum absolute atomic E-state index is 0.342. The van der Waals surface area contributed by atoms with E-state index >= 15 is 0 Å². The summed E-state index contributed by atoms with van der Waals surface area (Å²) in [6, 6.07) is 4.42. The predicted octanol–water partition coefficient (Wildman–Crippen LogP) is 5.61. The molecule has 1 aliphatic carbocycles. The molecule has 0 radical (unpaired) electrons. The van der Waals surface area contributed by atoms with Crippen molar-refractivity contribution in [3.05, 3.63) is 26.6 Å². The highest BCUT2D eigenvalue weighted by molar-refractivity contribution is 9.11. The van der Waals surface area contributed by atoms with Crippen LogP contribution in [0.15, 0.2) is 21.1 Å². The van der Waals surface area contributed by atoms with Gasteiger partial charge in [-0.2, -0.15) is 0 Å². The molecule has 1 aromatic carbocycles. The van der Waals surface area contributed by atoms with Crippen molar-refractivity contribution in [2.45, 2.75) is 59.0 Å². The fourth-order valence-corrected chi connectivity index (χ4v) is 4.49. The van der Waals surface area contributed by atoms with Gasteiger partial charge in [-0.15, -0.1) is 0 Å². The molecule has 0 aromatic heterocycles. The second-order valence-electron chi connectivity index (χ2n) is 7.19. The molecule has 1 aromatic rings. The fraction of sp³-hybridized carbons (Fsp3) is 0.647. The quantitative estimate of drug-likeness (QED) is 0.668. The molecule has 0 unspecified atom stereocenters. The number of halogens is 2. The van der Waals surface area contributed by atoms with Crippen LogP contribution >= 0.6 is 31.9 Å². The second kappa shape index (κ2) is 7.01. The van der Waals surface area contributed by atoms with E-state index in [1.54, 1.807) is 0 Å². The number of aromatic hydroxyl groups is 1. The third-order valence-electron chi connectivity index (χ3n) is 4.64. The second-order valence-corrected chi connectivity index (χ2v) is 8.96. The van der Waals surface area contributed by atoms with Crippen molar-refractivity contribution >= 4 is 31.9 Å². The molecule has 21 heavy (non-hydrogen) atoms. The number of nitrogens with one attached hydrogen (secondary N) is 1. The van der Waals surface area contributed by atoms with Crippen LogP contribution in [0.5, 0.6) is 5.75 Å². The van der Waals surface area contributed by atoms with Crippen LogP contribution in [0.3, 0.4) is 0 Å². The lowest BCUT2D eigenvalue weighted by atomic mass is 9.71. The Hall–Kier alpha value is -0.0600. The van der Waals surface area contributed by atoms with E-state index in [9.17, 15) is 5.11 Å². The average molecular weight is 419 g/mol. The number of hydrogen-bond donors (Lipinski definition) is 2. The van der Waals surface area contributed by atoms with Gasteiger partial charge in [-0.1, -0.05) is 36.7 Å². The monoisotopic (exact) mass is 417 g/mol. The molecule has 1 aliphatic rings. The molecule has 2 nitrogen and oxygen atoms in total. The van der Waals surface area contributed by atoms with Crippen LogP contribution in [-0.4, -0.2) is 11.1 Å². The van der Waals surface area contributed by atoms with E-state index in [0.717, 1.165) is 20.4 Å². The van der Waals surface area contributed by atoms with Crippen molar-refractivity contribution in [2.75, 3.05) is 0 Å². The van der Waals surface area contributed by atoms with E-state index in [1.165, 1.54) is 25.7 Å². The molecular weight excluding hydrogens is 394 g/mol. The van der Waals surface area contributed by atoms with Crippen LogP contribution in [-0.2, 0) is 6.54 Å². The number of phenolic OH excluding ortho intramolecular Hbond substituents is 1. The highest BCUT2D eigenvalue weighted by atomic mass is 79.9. The molecule has 0 heterocycles. The predicted molar refractivity (Wildman–Crippen MR) is 95.5 cm³/mol. The summed E-state index contributed by atoms with van der Waals surface area (Å²) in [6.45, 7) is 7.77. The van der Waals surface area contributed by atoms with Gasteiger partial charge in [0.15, 0.2) is 0 Å². The number of rotatable bonds is 3. The standard InChI is InChI=1S/C17H25Br2NO/c1-17(2,3)12-4-6-14(7-5-12)20-10-11-8-13(18)9-15(19)16(11)21/h8-9,12,14,20-21H,4-7,10H2,1-3H3. The van der Waals surface area contributed by atoms with Gasteiger partial charge in [-0.05, 0) is 65.1 Å². The first kappa shape index (κ1) is 17.3. The maximum absolute atomic E-state index is 10.1. The Bertz CT molecular complexity index is 488. The van der Waals surface area contributed by atoms with Gasteiger partial charge in [0, 0.05) is 22.6 Å². The summed E-state index contributed by atoms with van der Waals surface area (Å²) in [5, 5.41) is 13.7. The Labute approximate surface area is 145 Å². The first-order chi connectivity index (χ1) is 9.77. The molecule has 1 saturated carbocycles. The van der Waals surface area contributed by atoms with Crippen molar-refractivity contribution in [2.24, 2.45) is 11.3 Å². The molecule has 2 N–H and O–H groups in total. The molecule has 0 saturated heterocycles. The van der Waals surface area contributed by atoms with Crippen molar-refractivity contribution in [1.29, 1.82) is 0 Å². The smallest absolute Gasteiger partial charge is 0.134 e. The molecule has 4 heteroatoms. The summed E-state index contributed by atoms with van der Waals surface area (Å²) < 4.78 is 1.73. The summed E-state index contributed by atoms with van der Waals surface area (Å²) in [6.07, 6.45) is 5.07. The minimum atomic E-state index is 0.342. The molecule has 0 amide bonds. The van der Waals surface area contributed by atoms with Crippen LogP contribution < -0.4 is 5.32 Å². The number of hydrogen-bond acceptors (Lipinski definition) is 2. The Morgan fingerprint density at radius 2 is 1.76 bits per heavy atom. The van der Waals surface area contributed by atoms with Gasteiger partial charge in [0.05, 0.1) is 4.47 Å². The van der Waals surface area contributed by atoms with Gasteiger partial charge in [-0.3, -0.25) is 0 Å². The summed E-state index contributed by atoms with van der Waals surface area (Å²) in [7, 11) is 0. The highest BCUT2D eigenvalue weighted by Crippen LogP contribution is 2.38. The Morgan fingerprint density at radius 1 is 1.14 bits per heavy atom. The largest absolute Gasteiger partial charge is 0.506 e. The van der Waals surface area contributed by atoms with E-state index in [-0.39, 0.29) is 0 Å². The summed E-state index contributed by atoms with van der Waals surface area (Å²) >= 11 is 6.86. The minimum Gasteiger partial charge on any atom is -0.506 e. The first-order valence-electron chi connectivity index (χ1n) is 7.67. The summed E-state index contributed by atoms with van der Waals surface area (Å²) in [5.41, 5.74) is 1.37. The van der Waals surface area contributed by atoms with Crippen LogP contribution in [0.1, 0.15) is 52.0 Å². The number of benzene rings is 1. The summed E-state index contributed by atoms with van der Waals surface area (Å²) in [5.74, 6) is 1.18. The van der Waals surface area contributed by atoms with Crippen molar-refractivity contribution in [1.82, 2.24) is 5.32 Å². The van der Waals surface area contributed by atoms with E-state index in [2.05, 4.69) is 57.9 Å². The van der Waals surface area contributed by atoms with Gasteiger partial charge in [0.25, 0.3) is 0 Å². The van der Waals surface area contributed by atoms with Crippen molar-refractivity contribution in [3.8, 4) is 5.75 Å². The molecule has 1 fully saturated rings. The van der Waals surface area contributed by atoms with Crippen LogP contribution in [0, 0.1) is 11.3 Å². The zero-order valence-electron chi connectivity index (χ0n) is 13.0. The molecule has 0 bridgehead atoms. The van der Waals surface area contributed by atoms with Gasteiger partial charge >= 0.3 is 0 Å². The van der Waals surface area contributed by atoms with E-state index < -0.39 is 0 Å². The van der Waals surface area contributed by atoms with Crippen LogP contribution in [0.2, 0.25) is 0 Å². The topological polar surface area (TPSA) is 32.3 Å². The molecule has 0 aliphatic heterocycles. The van der Waals surface area contributed by atoms with Gasteiger partial charge in [-0.25, -0.2) is 0 Å². The van der Waals surface area contributed by atoms with Gasteiger partial charge in [0.2, 0.25) is 0 Å². The lowest BCUT2D eigenvalue weighted by Gasteiger charge is -2.37.